The van der Waals surface area contributed by atoms with E-state index >= 15 is 0 Å². The van der Waals surface area contributed by atoms with Crippen LogP contribution < -0.4 is 10.1 Å². The quantitative estimate of drug-likeness (QED) is 0.575. The Morgan fingerprint density at radius 1 is 1.12 bits per heavy atom. The minimum Gasteiger partial charge on any atom is -0.492 e. The lowest BCUT2D eigenvalue weighted by atomic mass is 10.0. The molecule has 0 heterocycles. The topological polar surface area (TPSA) is 38.3 Å². The van der Waals surface area contributed by atoms with E-state index in [2.05, 4.69) is 53.3 Å². The van der Waals surface area contributed by atoms with Gasteiger partial charge in [0.1, 0.15) is 5.75 Å². The molecule has 2 aromatic rings. The molecule has 0 atom stereocenters. The van der Waals surface area contributed by atoms with Crippen molar-refractivity contribution in [1.29, 1.82) is 0 Å². The second-order valence-corrected chi connectivity index (χ2v) is 6.95. The van der Waals surface area contributed by atoms with Gasteiger partial charge in [-0.05, 0) is 70.9 Å². The molecule has 0 saturated carbocycles. The fourth-order valence-electron chi connectivity index (χ4n) is 2.74. The largest absolute Gasteiger partial charge is 0.492 e. The highest BCUT2D eigenvalue weighted by molar-refractivity contribution is 9.10. The number of benzene rings is 2. The number of rotatable bonds is 8. The van der Waals surface area contributed by atoms with Gasteiger partial charge in [0, 0.05) is 12.1 Å². The van der Waals surface area contributed by atoms with E-state index in [1.54, 1.807) is 0 Å². The van der Waals surface area contributed by atoms with Gasteiger partial charge in [0.05, 0.1) is 11.1 Å². The smallest absolute Gasteiger partial charge is 0.224 e. The van der Waals surface area contributed by atoms with E-state index in [-0.39, 0.29) is 5.91 Å². The van der Waals surface area contributed by atoms with Gasteiger partial charge in [-0.2, -0.15) is 0 Å². The highest BCUT2D eigenvalue weighted by atomic mass is 79.9. The third kappa shape index (κ3) is 5.60. The van der Waals surface area contributed by atoms with Gasteiger partial charge < -0.3 is 10.1 Å². The minimum absolute atomic E-state index is 0.0437. The Labute approximate surface area is 158 Å². The summed E-state index contributed by atoms with van der Waals surface area (Å²) < 4.78 is 6.70. The van der Waals surface area contributed by atoms with Crippen LogP contribution in [-0.4, -0.2) is 12.5 Å². The van der Waals surface area contributed by atoms with Crippen molar-refractivity contribution in [1.82, 2.24) is 0 Å². The van der Waals surface area contributed by atoms with Gasteiger partial charge in [-0.25, -0.2) is 0 Å². The van der Waals surface area contributed by atoms with Gasteiger partial charge in [0.2, 0.25) is 5.91 Å². The number of nitrogens with one attached hydrogen (secondary N) is 1. The van der Waals surface area contributed by atoms with Crippen LogP contribution >= 0.6 is 15.9 Å². The van der Waals surface area contributed by atoms with Crippen molar-refractivity contribution in [3.8, 4) is 5.75 Å². The summed E-state index contributed by atoms with van der Waals surface area (Å²) in [5.41, 5.74) is 4.54. The third-order valence-electron chi connectivity index (χ3n) is 4.16. The van der Waals surface area contributed by atoms with Crippen LogP contribution in [0.1, 0.15) is 43.4 Å². The number of carbonyl (C=O) groups excluding carboxylic acids is 1. The molecule has 0 aliphatic rings. The number of para-hydroxylation sites is 1. The van der Waals surface area contributed by atoms with Crippen LogP contribution in [0.15, 0.2) is 40.9 Å². The van der Waals surface area contributed by atoms with Gasteiger partial charge in [-0.3, -0.25) is 4.79 Å². The number of hydrogen-bond donors (Lipinski definition) is 1. The number of hydrogen-bond acceptors (Lipinski definition) is 2. The van der Waals surface area contributed by atoms with Crippen LogP contribution in [0.4, 0.5) is 5.69 Å². The zero-order valence-electron chi connectivity index (χ0n) is 15.2. The summed E-state index contributed by atoms with van der Waals surface area (Å²) in [6.07, 6.45) is 2.95. The van der Waals surface area contributed by atoms with E-state index in [1.165, 1.54) is 16.7 Å². The molecule has 0 bridgehead atoms. The first kappa shape index (κ1) is 19.5. The van der Waals surface area contributed by atoms with Gasteiger partial charge in [0.25, 0.3) is 0 Å². The van der Waals surface area contributed by atoms with E-state index < -0.39 is 0 Å². The van der Waals surface area contributed by atoms with E-state index in [1.807, 2.05) is 25.1 Å². The van der Waals surface area contributed by atoms with Crippen molar-refractivity contribution in [2.75, 3.05) is 11.9 Å². The monoisotopic (exact) mass is 403 g/mol. The van der Waals surface area contributed by atoms with E-state index in [9.17, 15) is 4.79 Å². The van der Waals surface area contributed by atoms with Crippen molar-refractivity contribution in [2.45, 2.75) is 46.5 Å². The molecule has 3 nitrogen and oxygen atoms in total. The van der Waals surface area contributed by atoms with Gasteiger partial charge in [-0.1, -0.05) is 38.1 Å². The van der Waals surface area contributed by atoms with Crippen molar-refractivity contribution in [3.63, 3.8) is 0 Å². The molecular formula is C21H26BrNO2. The Hall–Kier alpha value is -1.81. The molecule has 1 amide bonds. The first-order valence-electron chi connectivity index (χ1n) is 8.84. The summed E-state index contributed by atoms with van der Waals surface area (Å²) in [6.45, 7) is 6.78. The number of anilines is 1. The Kier molecular flexibility index (Phi) is 7.51. The summed E-state index contributed by atoms with van der Waals surface area (Å²) in [4.78, 5) is 12.3. The molecule has 0 radical (unpaired) electrons. The van der Waals surface area contributed by atoms with E-state index in [4.69, 9.17) is 4.74 Å². The number of halogens is 1. The van der Waals surface area contributed by atoms with Crippen LogP contribution in [0.25, 0.3) is 0 Å². The summed E-state index contributed by atoms with van der Waals surface area (Å²) >= 11 is 3.50. The predicted molar refractivity (Wildman–Crippen MR) is 107 cm³/mol. The molecular weight excluding hydrogens is 378 g/mol. The van der Waals surface area contributed by atoms with E-state index in [0.29, 0.717) is 19.4 Å². The van der Waals surface area contributed by atoms with Gasteiger partial charge in [0.15, 0.2) is 0 Å². The summed E-state index contributed by atoms with van der Waals surface area (Å²) in [7, 11) is 0. The molecule has 1 N–H and O–H groups in total. The average molecular weight is 404 g/mol. The summed E-state index contributed by atoms with van der Waals surface area (Å²) in [5.74, 6) is 0.859. The maximum absolute atomic E-state index is 12.3. The SMILES string of the molecule is CCc1cccc(CC)c1NC(=O)CCCOc1ccc(C)cc1Br. The van der Waals surface area contributed by atoms with Crippen LogP contribution in [0.3, 0.4) is 0 Å². The normalized spacial score (nSPS) is 10.6. The van der Waals surface area contributed by atoms with Crippen LogP contribution in [0.2, 0.25) is 0 Å². The predicted octanol–water partition coefficient (Wildman–Crippen LogP) is 5.68. The van der Waals surface area contributed by atoms with Crippen LogP contribution in [0, 0.1) is 6.92 Å². The highest BCUT2D eigenvalue weighted by Crippen LogP contribution is 2.26. The first-order chi connectivity index (χ1) is 12.0. The molecule has 2 rings (SSSR count). The molecule has 0 aromatic heterocycles. The molecule has 2 aromatic carbocycles. The highest BCUT2D eigenvalue weighted by Gasteiger charge is 2.10. The average Bonchev–Trinajstić information content (AvgIpc) is 2.60. The lowest BCUT2D eigenvalue weighted by Gasteiger charge is -2.14. The molecule has 0 spiro atoms. The van der Waals surface area contributed by atoms with E-state index in [0.717, 1.165) is 28.8 Å². The first-order valence-corrected chi connectivity index (χ1v) is 9.64. The summed E-state index contributed by atoms with van der Waals surface area (Å²) in [6, 6.07) is 12.2. The third-order valence-corrected chi connectivity index (χ3v) is 4.78. The van der Waals surface area contributed by atoms with Gasteiger partial charge >= 0.3 is 0 Å². The standard InChI is InChI=1S/C21H26BrNO2/c1-4-16-8-6-9-17(5-2)21(16)23-20(24)10-7-13-25-19-12-11-15(3)14-18(19)22/h6,8-9,11-12,14H,4-5,7,10,13H2,1-3H3,(H,23,24). The Balaban J connectivity index is 1.85. The van der Waals surface area contributed by atoms with Crippen molar-refractivity contribution in [2.24, 2.45) is 0 Å². The fourth-order valence-corrected chi connectivity index (χ4v) is 3.35. The lowest BCUT2D eigenvalue weighted by molar-refractivity contribution is -0.116. The van der Waals surface area contributed by atoms with Crippen LogP contribution in [-0.2, 0) is 17.6 Å². The molecule has 25 heavy (non-hydrogen) atoms. The van der Waals surface area contributed by atoms with Crippen LogP contribution in [0.5, 0.6) is 5.75 Å². The maximum atomic E-state index is 12.3. The molecule has 0 unspecified atom stereocenters. The summed E-state index contributed by atoms with van der Waals surface area (Å²) in [5, 5.41) is 3.09. The molecule has 0 fully saturated rings. The Morgan fingerprint density at radius 3 is 2.40 bits per heavy atom. The molecule has 0 aliphatic carbocycles. The maximum Gasteiger partial charge on any atom is 0.224 e. The molecule has 0 aliphatic heterocycles. The zero-order chi connectivity index (χ0) is 18.2. The number of carbonyl (C=O) groups is 1. The second kappa shape index (κ2) is 9.62. The Bertz CT molecular complexity index is 706. The van der Waals surface area contributed by atoms with Gasteiger partial charge in [-0.15, -0.1) is 0 Å². The lowest BCUT2D eigenvalue weighted by Crippen LogP contribution is -2.15. The molecule has 134 valence electrons. The molecule has 4 heteroatoms. The van der Waals surface area contributed by atoms with Crippen molar-refractivity contribution in [3.05, 3.63) is 57.6 Å². The second-order valence-electron chi connectivity index (χ2n) is 6.09. The fraction of sp³-hybridized carbons (Fsp3) is 0.381. The Morgan fingerprint density at radius 2 is 1.80 bits per heavy atom. The van der Waals surface area contributed by atoms with Crippen molar-refractivity contribution >= 4 is 27.5 Å². The number of ether oxygens (including phenoxy) is 1. The molecule has 0 saturated heterocycles. The number of amides is 1. The zero-order valence-corrected chi connectivity index (χ0v) is 16.8. The van der Waals surface area contributed by atoms with Crippen molar-refractivity contribution < 1.29 is 9.53 Å². The number of aryl methyl sites for hydroxylation is 3. The minimum atomic E-state index is 0.0437.